The van der Waals surface area contributed by atoms with Crippen LogP contribution >= 0.6 is 0 Å². The number of rotatable bonds is 3. The van der Waals surface area contributed by atoms with Crippen molar-refractivity contribution in [1.29, 1.82) is 0 Å². The van der Waals surface area contributed by atoms with E-state index in [4.69, 9.17) is 14.0 Å². The van der Waals surface area contributed by atoms with Crippen molar-refractivity contribution in [1.82, 2.24) is 5.16 Å². The fraction of sp³-hybridized carbons (Fsp3) is 0.259. The van der Waals surface area contributed by atoms with Gasteiger partial charge < -0.3 is 24.2 Å². The van der Waals surface area contributed by atoms with Crippen molar-refractivity contribution in [2.45, 2.75) is 25.7 Å². The van der Waals surface area contributed by atoms with Crippen molar-refractivity contribution in [3.05, 3.63) is 59.7 Å². The van der Waals surface area contributed by atoms with Crippen LogP contribution in [0.1, 0.15) is 41.6 Å². The van der Waals surface area contributed by atoms with Gasteiger partial charge in [-0.2, -0.15) is 0 Å². The highest BCUT2D eigenvalue weighted by Crippen LogP contribution is 2.47. The van der Waals surface area contributed by atoms with Crippen molar-refractivity contribution in [2.24, 2.45) is 0 Å². The average molecular weight is 453 g/mol. The third-order valence-corrected chi connectivity index (χ3v) is 6.98. The third kappa shape index (κ3) is 2.89. The van der Waals surface area contributed by atoms with E-state index in [1.54, 1.807) is 0 Å². The number of benzene rings is 3. The van der Waals surface area contributed by atoms with Crippen molar-refractivity contribution in [3.8, 4) is 22.8 Å². The second-order valence-electron chi connectivity index (χ2n) is 9.02. The Balaban J connectivity index is 1.44. The zero-order chi connectivity index (χ0) is 22.6. The first-order valence-corrected chi connectivity index (χ1v) is 11.8. The summed E-state index contributed by atoms with van der Waals surface area (Å²) in [5.41, 5.74) is 5.35. The van der Waals surface area contributed by atoms with Crippen LogP contribution in [0.25, 0.3) is 22.2 Å². The van der Waals surface area contributed by atoms with Gasteiger partial charge in [0.25, 0.3) is 0 Å². The highest BCUT2D eigenvalue weighted by atomic mass is 16.7. The monoisotopic (exact) mass is 453 g/mol. The van der Waals surface area contributed by atoms with E-state index in [1.807, 2.05) is 42.5 Å². The molecule has 0 unspecified atom stereocenters. The van der Waals surface area contributed by atoms with Crippen molar-refractivity contribution in [2.75, 3.05) is 30.1 Å². The van der Waals surface area contributed by atoms with E-state index >= 15 is 0 Å². The number of carbonyl (C=O) groups excluding carboxylic acids is 1. The van der Waals surface area contributed by atoms with Crippen LogP contribution in [0.3, 0.4) is 0 Å². The number of hydrogen-bond donors (Lipinski definition) is 1. The summed E-state index contributed by atoms with van der Waals surface area (Å²) in [6.07, 6.45) is 4.74. The second-order valence-corrected chi connectivity index (χ2v) is 9.02. The molecule has 0 bridgehead atoms. The molecule has 1 saturated heterocycles. The Bertz CT molecular complexity index is 1450. The fourth-order valence-corrected chi connectivity index (χ4v) is 5.32. The summed E-state index contributed by atoms with van der Waals surface area (Å²) >= 11 is 0. The van der Waals surface area contributed by atoms with E-state index in [-0.39, 0.29) is 12.6 Å². The number of aromatic nitrogens is 1. The van der Waals surface area contributed by atoms with Gasteiger partial charge in [-0.1, -0.05) is 42.3 Å². The molecular formula is C27H23N3O4. The number of anilines is 3. The lowest BCUT2D eigenvalue weighted by atomic mass is 9.86. The molecular weight excluding hydrogens is 430 g/mol. The molecule has 3 aromatic carbocycles. The normalized spacial score (nSPS) is 16.5. The first kappa shape index (κ1) is 19.5. The van der Waals surface area contributed by atoms with Gasteiger partial charge in [0, 0.05) is 36.0 Å². The predicted octanol–water partition coefficient (Wildman–Crippen LogP) is 5.89. The van der Waals surface area contributed by atoms with Crippen LogP contribution < -0.4 is 19.7 Å². The van der Waals surface area contributed by atoms with Crippen molar-refractivity contribution < 1.29 is 18.8 Å². The summed E-state index contributed by atoms with van der Waals surface area (Å²) in [7, 11) is 0. The molecule has 1 N–H and O–H groups in total. The molecule has 1 fully saturated rings. The van der Waals surface area contributed by atoms with E-state index in [1.165, 1.54) is 12.8 Å². The molecule has 1 aromatic heterocycles. The average Bonchev–Trinajstić information content (AvgIpc) is 3.42. The molecule has 0 amide bonds. The zero-order valence-electron chi connectivity index (χ0n) is 18.6. The molecule has 7 rings (SSSR count). The first-order chi connectivity index (χ1) is 16.8. The lowest BCUT2D eigenvalue weighted by molar-refractivity contribution is 0.104. The topological polar surface area (TPSA) is 76.8 Å². The van der Waals surface area contributed by atoms with Gasteiger partial charge in [0.1, 0.15) is 5.52 Å². The lowest BCUT2D eigenvalue weighted by Crippen LogP contribution is -2.24. The molecule has 3 heterocycles. The minimum Gasteiger partial charge on any atom is -0.454 e. The van der Waals surface area contributed by atoms with E-state index in [9.17, 15) is 4.79 Å². The molecule has 7 nitrogen and oxygen atoms in total. The minimum atomic E-state index is -0.0260. The summed E-state index contributed by atoms with van der Waals surface area (Å²) in [5.74, 6) is 2.04. The standard InChI is InChI=1S/C27H23N3O4/c31-26-17-7-3-4-8-18(17)27-24-23(26)19(28-16-9-10-21-22(13-16)33-15-32-21)14-20(25(24)29-34-27)30-11-5-1-2-6-12-30/h3-4,7-10,13-14,28H,1-2,5-6,11-12,15H2. The van der Waals surface area contributed by atoms with Gasteiger partial charge in [-0.3, -0.25) is 4.79 Å². The summed E-state index contributed by atoms with van der Waals surface area (Å²) < 4.78 is 16.9. The Hall–Kier alpha value is -4.00. The number of nitrogens with zero attached hydrogens (tertiary/aromatic N) is 2. The molecule has 2 aliphatic heterocycles. The maximum Gasteiger partial charge on any atom is 0.231 e. The van der Waals surface area contributed by atoms with Crippen molar-refractivity contribution in [3.63, 3.8) is 0 Å². The number of ketones is 1. The molecule has 4 aromatic rings. The molecule has 0 atom stereocenters. The SMILES string of the molecule is O=C1c2ccccc2-c2onc3c(N4CCCCCC4)cc(Nc4ccc5c(c4)OCO5)c1c23. The number of carbonyl (C=O) groups is 1. The zero-order valence-corrected chi connectivity index (χ0v) is 18.6. The number of ether oxygens (including phenoxy) is 2. The van der Waals surface area contributed by atoms with Crippen LogP contribution in [-0.2, 0) is 0 Å². The number of hydrogen-bond acceptors (Lipinski definition) is 7. The van der Waals surface area contributed by atoms with Gasteiger partial charge in [0.2, 0.25) is 6.79 Å². The van der Waals surface area contributed by atoms with E-state index in [2.05, 4.69) is 21.4 Å². The second kappa shape index (κ2) is 7.52. The minimum absolute atomic E-state index is 0.0260. The fourth-order valence-electron chi connectivity index (χ4n) is 5.32. The van der Waals surface area contributed by atoms with Crippen molar-refractivity contribution >= 4 is 33.7 Å². The lowest BCUT2D eigenvalue weighted by Gasteiger charge is -2.26. The van der Waals surface area contributed by atoms with E-state index < -0.39 is 0 Å². The highest BCUT2D eigenvalue weighted by molar-refractivity contribution is 6.28. The Kier molecular flexibility index (Phi) is 4.30. The molecule has 170 valence electrons. The molecule has 0 radical (unpaired) electrons. The quantitative estimate of drug-likeness (QED) is 0.365. The first-order valence-electron chi connectivity index (χ1n) is 11.8. The third-order valence-electron chi connectivity index (χ3n) is 6.98. The van der Waals surface area contributed by atoms with Crippen LogP contribution in [0.5, 0.6) is 11.5 Å². The van der Waals surface area contributed by atoms with Gasteiger partial charge in [-0.15, -0.1) is 0 Å². The summed E-state index contributed by atoms with van der Waals surface area (Å²) in [4.78, 5) is 16.1. The largest absolute Gasteiger partial charge is 0.454 e. The molecule has 7 heteroatoms. The summed E-state index contributed by atoms with van der Waals surface area (Å²) in [6.45, 7) is 2.14. The predicted molar refractivity (Wildman–Crippen MR) is 129 cm³/mol. The number of fused-ring (bicyclic) bond motifs is 3. The van der Waals surface area contributed by atoms with E-state index in [0.29, 0.717) is 22.6 Å². The maximum atomic E-state index is 13.8. The van der Waals surface area contributed by atoms with E-state index in [0.717, 1.165) is 65.2 Å². The molecule has 34 heavy (non-hydrogen) atoms. The Morgan fingerprint density at radius 1 is 0.882 bits per heavy atom. The molecule has 3 aliphatic rings. The Morgan fingerprint density at radius 3 is 2.53 bits per heavy atom. The van der Waals surface area contributed by atoms with Crippen LogP contribution in [0.15, 0.2) is 53.1 Å². The van der Waals surface area contributed by atoms with Crippen LogP contribution in [-0.4, -0.2) is 30.8 Å². The summed E-state index contributed by atoms with van der Waals surface area (Å²) in [5, 5.41) is 8.78. The molecule has 0 spiro atoms. The van der Waals surface area contributed by atoms with Crippen LogP contribution in [0.4, 0.5) is 17.1 Å². The van der Waals surface area contributed by atoms with Gasteiger partial charge in [0.05, 0.1) is 22.3 Å². The van der Waals surface area contributed by atoms with Gasteiger partial charge >= 0.3 is 0 Å². The Morgan fingerprint density at radius 2 is 1.68 bits per heavy atom. The van der Waals surface area contributed by atoms with Crippen LogP contribution in [0, 0.1) is 0 Å². The molecule has 0 saturated carbocycles. The smallest absolute Gasteiger partial charge is 0.231 e. The maximum absolute atomic E-state index is 13.8. The summed E-state index contributed by atoms with van der Waals surface area (Å²) in [6, 6.07) is 15.4. The van der Waals surface area contributed by atoms with Gasteiger partial charge in [-0.05, 0) is 31.0 Å². The Labute approximate surface area is 196 Å². The highest BCUT2D eigenvalue weighted by Gasteiger charge is 2.34. The number of nitrogens with one attached hydrogen (secondary N) is 1. The molecule has 1 aliphatic carbocycles. The van der Waals surface area contributed by atoms with Gasteiger partial charge in [-0.25, -0.2) is 0 Å². The van der Waals surface area contributed by atoms with Crippen LogP contribution in [0.2, 0.25) is 0 Å². The van der Waals surface area contributed by atoms with Gasteiger partial charge in [0.15, 0.2) is 23.0 Å².